The van der Waals surface area contributed by atoms with Crippen molar-refractivity contribution in [3.05, 3.63) is 101 Å². The Labute approximate surface area is 146 Å². The molecular formula is C21H18N2O2. The molecule has 3 aromatic rings. The van der Waals surface area contributed by atoms with Crippen molar-refractivity contribution in [2.24, 2.45) is 0 Å². The minimum Gasteiger partial charge on any atom is -0.352 e. The minimum atomic E-state index is -0.247. The molecule has 0 radical (unpaired) electrons. The van der Waals surface area contributed by atoms with Crippen LogP contribution in [-0.4, -0.2) is 23.2 Å². The van der Waals surface area contributed by atoms with Crippen molar-refractivity contribution < 1.29 is 9.59 Å². The van der Waals surface area contributed by atoms with Crippen LogP contribution in [0.15, 0.2) is 79.1 Å². The SMILES string of the molecule is O=C(NCCc1cccnc1)c1ccccc1C(=O)c1ccccc1. The molecule has 25 heavy (non-hydrogen) atoms. The Hall–Kier alpha value is -3.27. The third kappa shape index (κ3) is 4.18. The van der Waals surface area contributed by atoms with Crippen LogP contribution in [0.5, 0.6) is 0 Å². The molecule has 1 N–H and O–H groups in total. The maximum absolute atomic E-state index is 12.7. The average molecular weight is 330 g/mol. The highest BCUT2D eigenvalue weighted by Crippen LogP contribution is 2.14. The second-order valence-corrected chi connectivity index (χ2v) is 5.61. The van der Waals surface area contributed by atoms with Crippen LogP contribution in [0.1, 0.15) is 31.8 Å². The number of nitrogens with zero attached hydrogens (tertiary/aromatic N) is 1. The first-order valence-corrected chi connectivity index (χ1v) is 8.11. The van der Waals surface area contributed by atoms with Crippen molar-refractivity contribution in [2.75, 3.05) is 6.54 Å². The van der Waals surface area contributed by atoms with Gasteiger partial charge in [0, 0.05) is 30.1 Å². The van der Waals surface area contributed by atoms with E-state index in [1.165, 1.54) is 0 Å². The van der Waals surface area contributed by atoms with Gasteiger partial charge >= 0.3 is 0 Å². The number of carbonyl (C=O) groups is 2. The molecule has 0 unspecified atom stereocenters. The van der Waals surface area contributed by atoms with E-state index in [1.807, 2.05) is 30.3 Å². The number of nitrogens with one attached hydrogen (secondary N) is 1. The molecule has 2 aromatic carbocycles. The monoisotopic (exact) mass is 330 g/mol. The zero-order valence-electron chi connectivity index (χ0n) is 13.7. The summed E-state index contributed by atoms with van der Waals surface area (Å²) in [6, 6.07) is 19.7. The summed E-state index contributed by atoms with van der Waals surface area (Å²) < 4.78 is 0. The second-order valence-electron chi connectivity index (χ2n) is 5.61. The number of hydrogen-bond acceptors (Lipinski definition) is 3. The van der Waals surface area contributed by atoms with Crippen molar-refractivity contribution in [3.63, 3.8) is 0 Å². The maximum Gasteiger partial charge on any atom is 0.252 e. The smallest absolute Gasteiger partial charge is 0.252 e. The number of carbonyl (C=O) groups excluding carboxylic acids is 2. The topological polar surface area (TPSA) is 59.1 Å². The van der Waals surface area contributed by atoms with Gasteiger partial charge in [-0.3, -0.25) is 14.6 Å². The summed E-state index contributed by atoms with van der Waals surface area (Å²) >= 11 is 0. The maximum atomic E-state index is 12.7. The van der Waals surface area contributed by atoms with Gasteiger partial charge in [-0.2, -0.15) is 0 Å². The first-order valence-electron chi connectivity index (χ1n) is 8.11. The van der Waals surface area contributed by atoms with Crippen molar-refractivity contribution >= 4 is 11.7 Å². The van der Waals surface area contributed by atoms with Crippen LogP contribution in [0.4, 0.5) is 0 Å². The molecule has 0 spiro atoms. The fourth-order valence-electron chi connectivity index (χ4n) is 2.59. The number of rotatable bonds is 6. The fourth-order valence-corrected chi connectivity index (χ4v) is 2.59. The highest BCUT2D eigenvalue weighted by molar-refractivity contribution is 6.15. The zero-order chi connectivity index (χ0) is 17.5. The van der Waals surface area contributed by atoms with Crippen LogP contribution >= 0.6 is 0 Å². The Bertz CT molecular complexity index is 861. The van der Waals surface area contributed by atoms with Gasteiger partial charge in [-0.1, -0.05) is 54.6 Å². The lowest BCUT2D eigenvalue weighted by molar-refractivity contribution is 0.0942. The third-order valence-electron chi connectivity index (χ3n) is 3.87. The highest BCUT2D eigenvalue weighted by Gasteiger charge is 2.17. The summed E-state index contributed by atoms with van der Waals surface area (Å²) in [5, 5.41) is 2.88. The predicted molar refractivity (Wildman–Crippen MR) is 96.6 cm³/mol. The van der Waals surface area contributed by atoms with E-state index in [1.54, 1.807) is 48.8 Å². The van der Waals surface area contributed by atoms with Crippen LogP contribution in [-0.2, 0) is 6.42 Å². The van der Waals surface area contributed by atoms with Gasteiger partial charge in [0.1, 0.15) is 0 Å². The van der Waals surface area contributed by atoms with Gasteiger partial charge in [0.15, 0.2) is 5.78 Å². The summed E-state index contributed by atoms with van der Waals surface area (Å²) in [5.41, 5.74) is 2.42. The molecule has 4 nitrogen and oxygen atoms in total. The highest BCUT2D eigenvalue weighted by atomic mass is 16.2. The van der Waals surface area contributed by atoms with E-state index in [0.717, 1.165) is 5.56 Å². The van der Waals surface area contributed by atoms with Crippen LogP contribution in [0.2, 0.25) is 0 Å². The zero-order valence-corrected chi connectivity index (χ0v) is 13.7. The van der Waals surface area contributed by atoms with E-state index >= 15 is 0 Å². The third-order valence-corrected chi connectivity index (χ3v) is 3.87. The first kappa shape index (κ1) is 16.6. The molecular weight excluding hydrogens is 312 g/mol. The van der Waals surface area contributed by atoms with Crippen LogP contribution in [0.25, 0.3) is 0 Å². The lowest BCUT2D eigenvalue weighted by Gasteiger charge is -2.10. The van der Waals surface area contributed by atoms with Gasteiger partial charge in [0.2, 0.25) is 0 Å². The van der Waals surface area contributed by atoms with E-state index in [0.29, 0.717) is 29.7 Å². The van der Waals surface area contributed by atoms with Gasteiger partial charge in [-0.05, 0) is 24.1 Å². The molecule has 0 saturated carbocycles. The van der Waals surface area contributed by atoms with Crippen LogP contribution in [0, 0.1) is 0 Å². The summed E-state index contributed by atoms with van der Waals surface area (Å²) in [6.07, 6.45) is 4.18. The number of benzene rings is 2. The number of aromatic nitrogens is 1. The quantitative estimate of drug-likeness (QED) is 0.706. The number of ketones is 1. The molecule has 0 aliphatic heterocycles. The summed E-state index contributed by atoms with van der Waals surface area (Å²) in [7, 11) is 0. The van der Waals surface area contributed by atoms with Gasteiger partial charge in [0.05, 0.1) is 5.56 Å². The molecule has 0 saturated heterocycles. The Kier molecular flexibility index (Phi) is 5.32. The largest absolute Gasteiger partial charge is 0.352 e. The van der Waals surface area contributed by atoms with Crippen LogP contribution in [0.3, 0.4) is 0 Å². The molecule has 4 heteroatoms. The van der Waals surface area contributed by atoms with Crippen molar-refractivity contribution in [1.29, 1.82) is 0 Å². The number of hydrogen-bond donors (Lipinski definition) is 1. The van der Waals surface area contributed by atoms with E-state index in [2.05, 4.69) is 10.3 Å². The van der Waals surface area contributed by atoms with E-state index in [-0.39, 0.29) is 11.7 Å². The Balaban J connectivity index is 1.72. The van der Waals surface area contributed by atoms with E-state index < -0.39 is 0 Å². The second kappa shape index (κ2) is 8.02. The Morgan fingerprint density at radius 3 is 2.28 bits per heavy atom. The normalized spacial score (nSPS) is 10.2. The minimum absolute atomic E-state index is 0.154. The molecule has 3 rings (SSSR count). The molecule has 124 valence electrons. The molecule has 1 heterocycles. The Morgan fingerprint density at radius 2 is 1.56 bits per heavy atom. The van der Waals surface area contributed by atoms with E-state index in [9.17, 15) is 9.59 Å². The summed E-state index contributed by atoms with van der Waals surface area (Å²) in [4.78, 5) is 29.2. The molecule has 0 bridgehead atoms. The van der Waals surface area contributed by atoms with Gasteiger partial charge in [-0.15, -0.1) is 0 Å². The van der Waals surface area contributed by atoms with Gasteiger partial charge < -0.3 is 5.32 Å². The summed E-state index contributed by atoms with van der Waals surface area (Å²) in [6.45, 7) is 0.485. The van der Waals surface area contributed by atoms with Gasteiger partial charge in [-0.25, -0.2) is 0 Å². The molecule has 0 aliphatic rings. The van der Waals surface area contributed by atoms with Gasteiger partial charge in [0.25, 0.3) is 5.91 Å². The standard InChI is InChI=1S/C21H18N2O2/c24-20(17-8-2-1-3-9-17)18-10-4-5-11-19(18)21(25)23-14-12-16-7-6-13-22-15-16/h1-11,13,15H,12,14H2,(H,23,25). The number of pyridine rings is 1. The average Bonchev–Trinajstić information content (AvgIpc) is 2.69. The Morgan fingerprint density at radius 1 is 0.840 bits per heavy atom. The lowest BCUT2D eigenvalue weighted by atomic mass is 9.98. The fraction of sp³-hybridized carbons (Fsp3) is 0.0952. The summed E-state index contributed by atoms with van der Waals surface area (Å²) in [5.74, 6) is -0.401. The molecule has 0 atom stereocenters. The lowest BCUT2D eigenvalue weighted by Crippen LogP contribution is -2.27. The van der Waals surface area contributed by atoms with Crippen LogP contribution < -0.4 is 5.32 Å². The molecule has 0 fully saturated rings. The van der Waals surface area contributed by atoms with Crippen molar-refractivity contribution in [1.82, 2.24) is 10.3 Å². The predicted octanol–water partition coefficient (Wildman–Crippen LogP) is 3.29. The van der Waals surface area contributed by atoms with Crippen molar-refractivity contribution in [2.45, 2.75) is 6.42 Å². The molecule has 1 amide bonds. The number of amides is 1. The molecule has 0 aliphatic carbocycles. The van der Waals surface area contributed by atoms with E-state index in [4.69, 9.17) is 0 Å². The van der Waals surface area contributed by atoms with Crippen molar-refractivity contribution in [3.8, 4) is 0 Å². The molecule has 1 aromatic heterocycles. The first-order chi connectivity index (χ1) is 12.3.